The van der Waals surface area contributed by atoms with Crippen LogP contribution in [0.2, 0.25) is 0 Å². The van der Waals surface area contributed by atoms with E-state index in [1.54, 1.807) is 11.3 Å². The molecule has 0 spiro atoms. The molecule has 0 atom stereocenters. The van der Waals surface area contributed by atoms with Gasteiger partial charge in [-0.1, -0.05) is 51.1 Å². The van der Waals surface area contributed by atoms with E-state index in [1.165, 1.54) is 16.0 Å². The van der Waals surface area contributed by atoms with Gasteiger partial charge in [0, 0.05) is 6.42 Å². The minimum absolute atomic E-state index is 0.189. The van der Waals surface area contributed by atoms with Crippen LogP contribution in [-0.4, -0.2) is 11.4 Å². The van der Waals surface area contributed by atoms with Gasteiger partial charge in [-0.3, -0.25) is 0 Å². The smallest absolute Gasteiger partial charge is 0.0862 e. The molecule has 0 N–H and O–H groups in total. The van der Waals surface area contributed by atoms with Crippen LogP contribution in [0.25, 0.3) is 0 Å². The molecule has 1 aromatic heterocycles. The summed E-state index contributed by atoms with van der Waals surface area (Å²) in [7, 11) is 0. The van der Waals surface area contributed by atoms with Gasteiger partial charge in [0.05, 0.1) is 16.3 Å². The van der Waals surface area contributed by atoms with E-state index < -0.39 is 0 Å². The van der Waals surface area contributed by atoms with Crippen molar-refractivity contribution in [2.45, 2.75) is 32.6 Å². The Hall–Kier alpha value is -1.74. The number of nitrogens with zero attached hydrogens (tertiary/aromatic N) is 2. The van der Waals surface area contributed by atoms with E-state index in [1.807, 2.05) is 0 Å². The lowest BCUT2D eigenvalue weighted by atomic mass is 9.86. The second-order valence-corrected chi connectivity index (χ2v) is 7.02. The number of rotatable bonds is 2. The molecule has 1 aromatic carbocycles. The highest BCUT2D eigenvalue weighted by atomic mass is 32.1. The van der Waals surface area contributed by atoms with Crippen LogP contribution in [0.1, 0.15) is 43.2 Å². The predicted molar refractivity (Wildman–Crippen MR) is 87.2 cm³/mol. The summed E-state index contributed by atoms with van der Waals surface area (Å²) < 4.78 is 0. The lowest BCUT2D eigenvalue weighted by Gasteiger charge is -2.19. The Labute approximate surface area is 123 Å². The maximum absolute atomic E-state index is 4.35. The number of hydrogen-bond donors (Lipinski definition) is 0. The van der Waals surface area contributed by atoms with Crippen molar-refractivity contribution < 1.29 is 0 Å². The maximum atomic E-state index is 4.35. The Morgan fingerprint density at radius 1 is 0.950 bits per heavy atom. The summed E-state index contributed by atoms with van der Waals surface area (Å²) in [6, 6.07) is 12.9. The van der Waals surface area contributed by atoms with Crippen LogP contribution in [0.3, 0.4) is 0 Å². The summed E-state index contributed by atoms with van der Waals surface area (Å²) in [5.74, 6) is 0. The molecule has 0 radical (unpaired) electrons. The largest absolute Gasteiger partial charge is 0.154 e. The van der Waals surface area contributed by atoms with Gasteiger partial charge >= 0.3 is 0 Å². The lowest BCUT2D eigenvalue weighted by molar-refractivity contribution is 0.590. The van der Waals surface area contributed by atoms with Crippen LogP contribution in [0.4, 0.5) is 0 Å². The van der Waals surface area contributed by atoms with Gasteiger partial charge in [0.15, 0.2) is 0 Å². The van der Waals surface area contributed by atoms with Crippen molar-refractivity contribution in [2.75, 3.05) is 0 Å². The average Bonchev–Trinajstić information content (AvgIpc) is 3.09. The summed E-state index contributed by atoms with van der Waals surface area (Å²) in [5.41, 5.74) is 4.85. The molecular formula is C17H18N2S. The van der Waals surface area contributed by atoms with E-state index in [9.17, 15) is 0 Å². The van der Waals surface area contributed by atoms with Crippen molar-refractivity contribution in [3.8, 4) is 0 Å². The first kappa shape index (κ1) is 13.3. The van der Waals surface area contributed by atoms with Gasteiger partial charge in [0.1, 0.15) is 0 Å². The zero-order valence-electron chi connectivity index (χ0n) is 12.1. The van der Waals surface area contributed by atoms with Crippen LogP contribution in [0, 0.1) is 0 Å². The third kappa shape index (κ3) is 2.59. The zero-order chi connectivity index (χ0) is 14.2. The molecule has 2 nitrogen and oxygen atoms in total. The Morgan fingerprint density at radius 2 is 1.65 bits per heavy atom. The lowest BCUT2D eigenvalue weighted by Crippen LogP contribution is -2.11. The number of hydrogen-bond acceptors (Lipinski definition) is 3. The van der Waals surface area contributed by atoms with E-state index in [2.05, 4.69) is 72.8 Å². The molecule has 0 amide bonds. The van der Waals surface area contributed by atoms with Crippen LogP contribution >= 0.6 is 11.3 Å². The van der Waals surface area contributed by atoms with Crippen molar-refractivity contribution >= 4 is 22.8 Å². The monoisotopic (exact) mass is 282 g/mol. The number of thiophene rings is 1. The summed E-state index contributed by atoms with van der Waals surface area (Å²) in [6.45, 7) is 6.69. The predicted octanol–water partition coefficient (Wildman–Crippen LogP) is 4.64. The Bertz CT molecular complexity index is 656. The Balaban J connectivity index is 1.76. The van der Waals surface area contributed by atoms with Gasteiger partial charge in [-0.15, -0.1) is 11.3 Å². The van der Waals surface area contributed by atoms with Crippen molar-refractivity contribution in [2.24, 2.45) is 10.2 Å². The first-order chi connectivity index (χ1) is 9.54. The van der Waals surface area contributed by atoms with Crippen LogP contribution in [0.15, 0.2) is 52.0 Å². The summed E-state index contributed by atoms with van der Waals surface area (Å²) in [6.07, 6.45) is 0.829. The van der Waals surface area contributed by atoms with Crippen LogP contribution in [0.5, 0.6) is 0 Å². The normalized spacial score (nSPS) is 15.2. The van der Waals surface area contributed by atoms with E-state index in [4.69, 9.17) is 0 Å². The molecule has 3 rings (SSSR count). The molecule has 1 aliphatic rings. The fourth-order valence-corrected chi connectivity index (χ4v) is 2.96. The van der Waals surface area contributed by atoms with Gasteiger partial charge in [-0.05, 0) is 28.0 Å². The molecule has 0 saturated carbocycles. The van der Waals surface area contributed by atoms with Gasteiger partial charge < -0.3 is 0 Å². The first-order valence-corrected chi connectivity index (χ1v) is 7.70. The van der Waals surface area contributed by atoms with Gasteiger partial charge in [-0.25, -0.2) is 0 Å². The van der Waals surface area contributed by atoms with Gasteiger partial charge in [-0.2, -0.15) is 10.2 Å². The highest BCUT2D eigenvalue weighted by molar-refractivity contribution is 7.12. The van der Waals surface area contributed by atoms with Crippen LogP contribution in [-0.2, 0) is 5.41 Å². The third-order valence-electron chi connectivity index (χ3n) is 3.52. The van der Waals surface area contributed by atoms with E-state index in [-0.39, 0.29) is 5.41 Å². The molecule has 20 heavy (non-hydrogen) atoms. The first-order valence-electron chi connectivity index (χ1n) is 6.82. The molecule has 0 aliphatic carbocycles. The fraction of sp³-hybridized carbons (Fsp3) is 0.294. The molecule has 102 valence electrons. The molecule has 0 unspecified atom stereocenters. The van der Waals surface area contributed by atoms with Crippen molar-refractivity contribution in [1.82, 2.24) is 0 Å². The summed E-state index contributed by atoms with van der Waals surface area (Å²) in [5, 5.41) is 10.7. The third-order valence-corrected chi connectivity index (χ3v) is 4.43. The molecule has 0 fully saturated rings. The van der Waals surface area contributed by atoms with E-state index in [0.29, 0.717) is 0 Å². The average molecular weight is 282 g/mol. The van der Waals surface area contributed by atoms with Crippen molar-refractivity contribution in [1.29, 1.82) is 0 Å². The maximum Gasteiger partial charge on any atom is 0.0862 e. The zero-order valence-corrected chi connectivity index (χ0v) is 12.9. The summed E-state index contributed by atoms with van der Waals surface area (Å²) in [4.78, 5) is 1.22. The fourth-order valence-electron chi connectivity index (χ4n) is 2.25. The van der Waals surface area contributed by atoms with Crippen molar-refractivity contribution in [3.63, 3.8) is 0 Å². The quantitative estimate of drug-likeness (QED) is 0.766. The highest BCUT2D eigenvalue weighted by Gasteiger charge is 2.18. The second-order valence-electron chi connectivity index (χ2n) is 6.07. The standard InChI is InChI=1S/C17H18N2S/c1-17(2,3)13-8-6-12(7-9-13)14-11-15(19-18-14)16-5-4-10-20-16/h4-10H,11H2,1-3H3. The molecule has 3 heteroatoms. The topological polar surface area (TPSA) is 24.7 Å². The Kier molecular flexibility index (Phi) is 3.30. The molecule has 0 bridgehead atoms. The molecular weight excluding hydrogens is 264 g/mol. The van der Waals surface area contributed by atoms with E-state index >= 15 is 0 Å². The number of benzene rings is 1. The second kappa shape index (κ2) is 4.98. The summed E-state index contributed by atoms with van der Waals surface area (Å²) >= 11 is 1.72. The SMILES string of the molecule is CC(C)(C)c1ccc(C2=NN=C(c3cccs3)C2)cc1. The van der Waals surface area contributed by atoms with Gasteiger partial charge in [0.25, 0.3) is 0 Å². The van der Waals surface area contributed by atoms with Crippen molar-refractivity contribution in [3.05, 3.63) is 57.8 Å². The highest BCUT2D eigenvalue weighted by Crippen LogP contribution is 2.24. The molecule has 2 aromatic rings. The van der Waals surface area contributed by atoms with Gasteiger partial charge in [0.2, 0.25) is 0 Å². The molecule has 2 heterocycles. The molecule has 1 aliphatic heterocycles. The Morgan fingerprint density at radius 3 is 2.25 bits per heavy atom. The minimum atomic E-state index is 0.189. The van der Waals surface area contributed by atoms with E-state index in [0.717, 1.165) is 17.8 Å². The minimum Gasteiger partial charge on any atom is -0.154 e. The molecule has 0 saturated heterocycles. The van der Waals surface area contributed by atoms with Crippen LogP contribution < -0.4 is 0 Å².